The Hall–Kier alpha value is -1.71. The Kier molecular flexibility index (Phi) is 2.73. The molecule has 86 valence electrons. The monoisotopic (exact) mass is 219 g/mol. The molecule has 1 aromatic carbocycles. The zero-order valence-electron chi connectivity index (χ0n) is 9.36. The van der Waals surface area contributed by atoms with Crippen molar-refractivity contribution in [2.45, 2.75) is 25.8 Å². The maximum Gasteiger partial charge on any atom is 0.248 e. The molecule has 1 fully saturated rings. The Morgan fingerprint density at radius 2 is 2.12 bits per heavy atom. The van der Waals surface area contributed by atoms with Gasteiger partial charge in [0.05, 0.1) is 11.4 Å². The van der Waals surface area contributed by atoms with Crippen molar-refractivity contribution in [3.63, 3.8) is 0 Å². The summed E-state index contributed by atoms with van der Waals surface area (Å²) < 4.78 is 0. The molecule has 1 aliphatic rings. The van der Waals surface area contributed by atoms with Crippen LogP contribution in [-0.2, 0) is 0 Å². The van der Waals surface area contributed by atoms with Crippen LogP contribution in [0.4, 0.5) is 11.4 Å². The lowest BCUT2D eigenvalue weighted by Gasteiger charge is -2.34. The van der Waals surface area contributed by atoms with E-state index in [4.69, 9.17) is 11.5 Å². The van der Waals surface area contributed by atoms with Gasteiger partial charge in [0.25, 0.3) is 0 Å². The average molecular weight is 219 g/mol. The van der Waals surface area contributed by atoms with Crippen molar-refractivity contribution in [3.8, 4) is 0 Å². The molecular weight excluding hydrogens is 202 g/mol. The maximum atomic E-state index is 10.9. The van der Waals surface area contributed by atoms with Gasteiger partial charge in [0.1, 0.15) is 0 Å². The molecule has 0 saturated heterocycles. The fraction of sp³-hybridized carbons (Fsp3) is 0.417. The molecule has 0 spiro atoms. The van der Waals surface area contributed by atoms with E-state index in [1.165, 1.54) is 12.8 Å². The standard InChI is InChI=1S/C12H17N3O/c1-7-4-9(5-7)15-11-3-2-8(12(14)16)6-10(11)13/h2-3,6-7,9,15H,4-5,13H2,1H3,(H2,14,16). The van der Waals surface area contributed by atoms with E-state index in [0.717, 1.165) is 11.6 Å². The van der Waals surface area contributed by atoms with Crippen LogP contribution in [0.2, 0.25) is 0 Å². The Morgan fingerprint density at radius 3 is 2.62 bits per heavy atom. The van der Waals surface area contributed by atoms with Crippen LogP contribution in [0.1, 0.15) is 30.1 Å². The molecule has 16 heavy (non-hydrogen) atoms. The molecule has 4 nitrogen and oxygen atoms in total. The summed E-state index contributed by atoms with van der Waals surface area (Å²) in [6.45, 7) is 2.23. The van der Waals surface area contributed by atoms with Crippen LogP contribution in [-0.4, -0.2) is 11.9 Å². The second-order valence-electron chi connectivity index (χ2n) is 4.58. The van der Waals surface area contributed by atoms with Gasteiger partial charge in [0.2, 0.25) is 5.91 Å². The van der Waals surface area contributed by atoms with Gasteiger partial charge in [-0.3, -0.25) is 4.79 Å². The Balaban J connectivity index is 2.07. The first kappa shape index (κ1) is 10.8. The number of carbonyl (C=O) groups is 1. The van der Waals surface area contributed by atoms with Crippen molar-refractivity contribution in [3.05, 3.63) is 23.8 Å². The second-order valence-corrected chi connectivity index (χ2v) is 4.58. The number of amides is 1. The van der Waals surface area contributed by atoms with E-state index in [1.807, 2.05) is 6.07 Å². The summed E-state index contributed by atoms with van der Waals surface area (Å²) in [6.07, 6.45) is 2.36. The topological polar surface area (TPSA) is 81.1 Å². The first-order valence-corrected chi connectivity index (χ1v) is 5.52. The molecule has 5 N–H and O–H groups in total. The fourth-order valence-corrected chi connectivity index (χ4v) is 2.09. The number of anilines is 2. The van der Waals surface area contributed by atoms with Gasteiger partial charge in [-0.15, -0.1) is 0 Å². The molecule has 4 heteroatoms. The van der Waals surface area contributed by atoms with Crippen LogP contribution in [0.5, 0.6) is 0 Å². The molecule has 0 heterocycles. The van der Waals surface area contributed by atoms with E-state index in [-0.39, 0.29) is 0 Å². The zero-order chi connectivity index (χ0) is 11.7. The quantitative estimate of drug-likeness (QED) is 0.675. The number of rotatable bonds is 3. The predicted molar refractivity (Wildman–Crippen MR) is 65.2 cm³/mol. The Labute approximate surface area is 95.0 Å². The highest BCUT2D eigenvalue weighted by molar-refractivity contribution is 5.94. The van der Waals surface area contributed by atoms with Crippen molar-refractivity contribution in [1.29, 1.82) is 0 Å². The highest BCUT2D eigenvalue weighted by Crippen LogP contribution is 2.31. The molecule has 0 unspecified atom stereocenters. The normalized spacial score (nSPS) is 23.6. The Bertz CT molecular complexity index is 411. The minimum atomic E-state index is -0.449. The van der Waals surface area contributed by atoms with Crippen LogP contribution < -0.4 is 16.8 Å². The molecule has 2 rings (SSSR count). The van der Waals surface area contributed by atoms with E-state index in [9.17, 15) is 4.79 Å². The summed E-state index contributed by atoms with van der Waals surface area (Å²) in [5, 5.41) is 3.37. The third-order valence-corrected chi connectivity index (χ3v) is 3.07. The molecule has 0 atom stereocenters. The SMILES string of the molecule is CC1CC(Nc2ccc(C(N)=O)cc2N)C1. The first-order chi connectivity index (χ1) is 7.56. The number of nitrogens with one attached hydrogen (secondary N) is 1. The van der Waals surface area contributed by atoms with Crippen molar-refractivity contribution >= 4 is 17.3 Å². The number of hydrogen-bond donors (Lipinski definition) is 3. The number of primary amides is 1. The third-order valence-electron chi connectivity index (χ3n) is 3.07. The van der Waals surface area contributed by atoms with Gasteiger partial charge in [-0.2, -0.15) is 0 Å². The molecule has 0 bridgehead atoms. The van der Waals surface area contributed by atoms with E-state index in [0.29, 0.717) is 17.3 Å². The van der Waals surface area contributed by atoms with E-state index >= 15 is 0 Å². The fourth-order valence-electron chi connectivity index (χ4n) is 2.09. The molecule has 0 aliphatic heterocycles. The van der Waals surface area contributed by atoms with E-state index in [2.05, 4.69) is 12.2 Å². The van der Waals surface area contributed by atoms with Gasteiger partial charge in [0.15, 0.2) is 0 Å². The summed E-state index contributed by atoms with van der Waals surface area (Å²) in [4.78, 5) is 10.9. The molecule has 0 aromatic heterocycles. The minimum absolute atomic E-state index is 0.449. The molecule has 1 amide bonds. The summed E-state index contributed by atoms with van der Waals surface area (Å²) in [5.41, 5.74) is 12.9. The van der Waals surface area contributed by atoms with Crippen molar-refractivity contribution in [2.75, 3.05) is 11.1 Å². The molecule has 1 aliphatic carbocycles. The lowest BCUT2D eigenvalue weighted by atomic mass is 9.82. The minimum Gasteiger partial charge on any atom is -0.397 e. The van der Waals surface area contributed by atoms with Crippen molar-refractivity contribution in [2.24, 2.45) is 11.7 Å². The number of carbonyl (C=O) groups excluding carboxylic acids is 1. The van der Waals surface area contributed by atoms with Crippen LogP contribution >= 0.6 is 0 Å². The van der Waals surface area contributed by atoms with Crippen LogP contribution in [0.25, 0.3) is 0 Å². The molecule has 1 saturated carbocycles. The zero-order valence-corrected chi connectivity index (χ0v) is 9.36. The summed E-state index contributed by atoms with van der Waals surface area (Å²) in [5.74, 6) is 0.346. The molecule has 1 aromatic rings. The first-order valence-electron chi connectivity index (χ1n) is 5.52. The number of hydrogen-bond acceptors (Lipinski definition) is 3. The summed E-state index contributed by atoms with van der Waals surface area (Å²) >= 11 is 0. The lowest BCUT2D eigenvalue weighted by Crippen LogP contribution is -2.34. The van der Waals surface area contributed by atoms with Crippen LogP contribution in [0.15, 0.2) is 18.2 Å². The van der Waals surface area contributed by atoms with Crippen LogP contribution in [0.3, 0.4) is 0 Å². The van der Waals surface area contributed by atoms with Crippen LogP contribution in [0, 0.1) is 5.92 Å². The highest BCUT2D eigenvalue weighted by atomic mass is 16.1. The second kappa shape index (κ2) is 4.04. The lowest BCUT2D eigenvalue weighted by molar-refractivity contribution is 0.100. The van der Waals surface area contributed by atoms with Gasteiger partial charge in [-0.05, 0) is 37.0 Å². The van der Waals surface area contributed by atoms with Gasteiger partial charge in [-0.25, -0.2) is 0 Å². The molecule has 0 radical (unpaired) electrons. The third kappa shape index (κ3) is 2.10. The highest BCUT2D eigenvalue weighted by Gasteiger charge is 2.25. The number of nitrogen functional groups attached to an aromatic ring is 1. The van der Waals surface area contributed by atoms with E-state index < -0.39 is 5.91 Å². The predicted octanol–water partition coefficient (Wildman–Crippen LogP) is 1.58. The van der Waals surface area contributed by atoms with E-state index in [1.54, 1.807) is 12.1 Å². The summed E-state index contributed by atoms with van der Waals surface area (Å²) in [6, 6.07) is 5.64. The van der Waals surface area contributed by atoms with Gasteiger partial charge >= 0.3 is 0 Å². The smallest absolute Gasteiger partial charge is 0.248 e. The summed E-state index contributed by atoms with van der Waals surface area (Å²) in [7, 11) is 0. The van der Waals surface area contributed by atoms with Gasteiger partial charge in [0, 0.05) is 11.6 Å². The van der Waals surface area contributed by atoms with Crippen molar-refractivity contribution < 1.29 is 4.79 Å². The average Bonchev–Trinajstić information content (AvgIpc) is 2.18. The maximum absolute atomic E-state index is 10.9. The molecular formula is C12H17N3O. The Morgan fingerprint density at radius 1 is 1.44 bits per heavy atom. The number of nitrogens with two attached hydrogens (primary N) is 2. The van der Waals surface area contributed by atoms with Gasteiger partial charge in [-0.1, -0.05) is 6.92 Å². The van der Waals surface area contributed by atoms with Gasteiger partial charge < -0.3 is 16.8 Å². The van der Waals surface area contributed by atoms with Crippen molar-refractivity contribution in [1.82, 2.24) is 0 Å². The number of benzene rings is 1. The largest absolute Gasteiger partial charge is 0.397 e.